The second-order valence-corrected chi connectivity index (χ2v) is 6.18. The SMILES string of the molecule is CCC(c1ccc(O)c(C)c1)c1ccc(C)c(I)c1. The molecule has 19 heavy (non-hydrogen) atoms. The van der Waals surface area contributed by atoms with Gasteiger partial charge in [-0.25, -0.2) is 0 Å². The Morgan fingerprint density at radius 3 is 2.21 bits per heavy atom. The lowest BCUT2D eigenvalue weighted by molar-refractivity contribution is 0.470. The van der Waals surface area contributed by atoms with Crippen LogP contribution in [0.5, 0.6) is 5.75 Å². The highest BCUT2D eigenvalue weighted by Crippen LogP contribution is 2.31. The Labute approximate surface area is 128 Å². The molecular formula is C17H19IO. The Bertz CT molecular complexity index is 538. The van der Waals surface area contributed by atoms with E-state index in [1.807, 2.05) is 13.0 Å². The van der Waals surface area contributed by atoms with E-state index in [-0.39, 0.29) is 0 Å². The van der Waals surface area contributed by atoms with Crippen LogP contribution in [-0.2, 0) is 0 Å². The first kappa shape index (κ1) is 14.4. The highest BCUT2D eigenvalue weighted by Gasteiger charge is 2.14. The molecule has 0 aliphatic heterocycles. The molecule has 0 amide bonds. The van der Waals surface area contributed by atoms with E-state index in [1.165, 1.54) is 20.3 Å². The minimum atomic E-state index is 0.372. The zero-order valence-corrected chi connectivity index (χ0v) is 13.7. The van der Waals surface area contributed by atoms with E-state index in [2.05, 4.69) is 60.7 Å². The molecule has 1 nitrogen and oxygen atoms in total. The number of phenolic OH excluding ortho intramolecular Hbond substituents is 1. The van der Waals surface area contributed by atoms with Crippen LogP contribution in [0.1, 0.15) is 41.5 Å². The number of hydrogen-bond acceptors (Lipinski definition) is 1. The van der Waals surface area contributed by atoms with E-state index >= 15 is 0 Å². The Hall–Kier alpha value is -1.03. The lowest BCUT2D eigenvalue weighted by atomic mass is 9.88. The average molecular weight is 366 g/mol. The lowest BCUT2D eigenvalue weighted by Gasteiger charge is -2.18. The molecule has 0 saturated heterocycles. The summed E-state index contributed by atoms with van der Waals surface area (Å²) in [6, 6.07) is 12.6. The monoisotopic (exact) mass is 366 g/mol. The Balaban J connectivity index is 2.43. The highest BCUT2D eigenvalue weighted by atomic mass is 127. The van der Waals surface area contributed by atoms with E-state index in [4.69, 9.17) is 0 Å². The standard InChI is InChI=1S/C17H19IO/c1-4-15(13-7-8-17(19)12(3)9-13)14-6-5-11(2)16(18)10-14/h5-10,15,19H,4H2,1-3H3. The summed E-state index contributed by atoms with van der Waals surface area (Å²) in [7, 11) is 0. The van der Waals surface area contributed by atoms with E-state index in [1.54, 1.807) is 6.07 Å². The smallest absolute Gasteiger partial charge is 0.118 e. The maximum atomic E-state index is 9.65. The van der Waals surface area contributed by atoms with Gasteiger partial charge in [-0.05, 0) is 77.2 Å². The summed E-state index contributed by atoms with van der Waals surface area (Å²) in [5.74, 6) is 0.769. The van der Waals surface area contributed by atoms with Crippen LogP contribution in [0.4, 0.5) is 0 Å². The first-order valence-corrected chi connectivity index (χ1v) is 7.66. The maximum absolute atomic E-state index is 9.65. The quantitative estimate of drug-likeness (QED) is 0.745. The molecule has 1 N–H and O–H groups in total. The summed E-state index contributed by atoms with van der Waals surface area (Å²) < 4.78 is 1.31. The van der Waals surface area contributed by atoms with E-state index < -0.39 is 0 Å². The predicted octanol–water partition coefficient (Wildman–Crippen LogP) is 5.16. The Kier molecular flexibility index (Phi) is 4.50. The van der Waals surface area contributed by atoms with Gasteiger partial charge in [-0.2, -0.15) is 0 Å². The fraction of sp³-hybridized carbons (Fsp3) is 0.294. The van der Waals surface area contributed by atoms with Gasteiger partial charge in [0.15, 0.2) is 0 Å². The largest absolute Gasteiger partial charge is 0.508 e. The normalized spacial score (nSPS) is 12.4. The molecular weight excluding hydrogens is 347 g/mol. The summed E-state index contributed by atoms with van der Waals surface area (Å²) in [6.07, 6.45) is 1.06. The van der Waals surface area contributed by atoms with Gasteiger partial charge >= 0.3 is 0 Å². The van der Waals surface area contributed by atoms with Gasteiger partial charge in [0.05, 0.1) is 0 Å². The fourth-order valence-electron chi connectivity index (χ4n) is 2.39. The highest BCUT2D eigenvalue weighted by molar-refractivity contribution is 14.1. The molecule has 100 valence electrons. The molecule has 1 atom stereocenters. The molecule has 2 heteroatoms. The van der Waals surface area contributed by atoms with Crippen LogP contribution in [0.3, 0.4) is 0 Å². The van der Waals surface area contributed by atoms with Gasteiger partial charge in [0.2, 0.25) is 0 Å². The minimum absolute atomic E-state index is 0.372. The number of aromatic hydroxyl groups is 1. The molecule has 2 rings (SSSR count). The van der Waals surface area contributed by atoms with Gasteiger partial charge in [0, 0.05) is 9.49 Å². The maximum Gasteiger partial charge on any atom is 0.118 e. The summed E-state index contributed by atoms with van der Waals surface area (Å²) in [6.45, 7) is 6.29. The zero-order valence-electron chi connectivity index (χ0n) is 11.6. The molecule has 0 heterocycles. The first-order chi connectivity index (χ1) is 9.02. The third-order valence-corrected chi connectivity index (χ3v) is 4.79. The van der Waals surface area contributed by atoms with E-state index in [0.717, 1.165) is 12.0 Å². The zero-order chi connectivity index (χ0) is 14.0. The number of benzene rings is 2. The molecule has 2 aromatic rings. The molecule has 0 spiro atoms. The van der Waals surface area contributed by atoms with Gasteiger partial charge < -0.3 is 5.11 Å². The molecule has 0 aliphatic carbocycles. The van der Waals surface area contributed by atoms with Crippen molar-refractivity contribution in [1.82, 2.24) is 0 Å². The van der Waals surface area contributed by atoms with Gasteiger partial charge in [-0.3, -0.25) is 0 Å². The van der Waals surface area contributed by atoms with Crippen molar-refractivity contribution in [2.24, 2.45) is 0 Å². The second kappa shape index (κ2) is 5.95. The van der Waals surface area contributed by atoms with Crippen molar-refractivity contribution < 1.29 is 5.11 Å². The number of halogens is 1. The fourth-order valence-corrected chi connectivity index (χ4v) is 2.92. The summed E-state index contributed by atoms with van der Waals surface area (Å²) in [4.78, 5) is 0. The third-order valence-electron chi connectivity index (χ3n) is 3.63. The first-order valence-electron chi connectivity index (χ1n) is 6.58. The van der Waals surface area contributed by atoms with Crippen molar-refractivity contribution in [1.29, 1.82) is 0 Å². The third kappa shape index (κ3) is 3.11. The Morgan fingerprint density at radius 1 is 1.00 bits per heavy atom. The van der Waals surface area contributed by atoms with Crippen molar-refractivity contribution in [3.05, 3.63) is 62.2 Å². The molecule has 0 radical (unpaired) electrons. The molecule has 0 aromatic heterocycles. The van der Waals surface area contributed by atoms with Crippen LogP contribution in [0.25, 0.3) is 0 Å². The van der Waals surface area contributed by atoms with Crippen molar-refractivity contribution in [3.63, 3.8) is 0 Å². The molecule has 1 unspecified atom stereocenters. The lowest BCUT2D eigenvalue weighted by Crippen LogP contribution is -2.01. The molecule has 0 bridgehead atoms. The van der Waals surface area contributed by atoms with Crippen molar-refractivity contribution in [3.8, 4) is 5.75 Å². The van der Waals surface area contributed by atoms with Crippen LogP contribution in [0.2, 0.25) is 0 Å². The van der Waals surface area contributed by atoms with Crippen LogP contribution in [0.15, 0.2) is 36.4 Å². The number of rotatable bonds is 3. The van der Waals surface area contributed by atoms with Gasteiger partial charge in [-0.1, -0.05) is 31.2 Å². The van der Waals surface area contributed by atoms with E-state index in [9.17, 15) is 5.11 Å². The predicted molar refractivity (Wildman–Crippen MR) is 88.9 cm³/mol. The molecule has 0 fully saturated rings. The summed E-state index contributed by atoms with van der Waals surface area (Å²) >= 11 is 2.39. The number of phenols is 1. The average Bonchev–Trinajstić information content (AvgIpc) is 2.39. The summed E-state index contributed by atoms with van der Waals surface area (Å²) in [5, 5.41) is 9.65. The number of aryl methyl sites for hydroxylation is 2. The van der Waals surface area contributed by atoms with Crippen LogP contribution >= 0.6 is 22.6 Å². The molecule has 0 aliphatic rings. The van der Waals surface area contributed by atoms with Gasteiger partial charge in [0.25, 0.3) is 0 Å². The van der Waals surface area contributed by atoms with Crippen molar-refractivity contribution in [2.75, 3.05) is 0 Å². The van der Waals surface area contributed by atoms with Crippen LogP contribution in [0, 0.1) is 17.4 Å². The van der Waals surface area contributed by atoms with Crippen molar-refractivity contribution in [2.45, 2.75) is 33.1 Å². The topological polar surface area (TPSA) is 20.2 Å². The van der Waals surface area contributed by atoms with Crippen LogP contribution < -0.4 is 0 Å². The van der Waals surface area contributed by atoms with Gasteiger partial charge in [0.1, 0.15) is 5.75 Å². The Morgan fingerprint density at radius 2 is 1.63 bits per heavy atom. The minimum Gasteiger partial charge on any atom is -0.508 e. The van der Waals surface area contributed by atoms with E-state index in [0.29, 0.717) is 11.7 Å². The second-order valence-electron chi connectivity index (χ2n) is 5.02. The molecule has 0 saturated carbocycles. The molecule has 2 aromatic carbocycles. The van der Waals surface area contributed by atoms with Gasteiger partial charge in [-0.15, -0.1) is 0 Å². The van der Waals surface area contributed by atoms with Crippen molar-refractivity contribution >= 4 is 22.6 Å². The summed E-state index contributed by atoms with van der Waals surface area (Å²) in [5.41, 5.74) is 4.89. The van der Waals surface area contributed by atoms with Crippen LogP contribution in [-0.4, -0.2) is 5.11 Å². The number of hydrogen-bond donors (Lipinski definition) is 1.